The predicted octanol–water partition coefficient (Wildman–Crippen LogP) is 2.98. The molecule has 1 aromatic rings. The summed E-state index contributed by atoms with van der Waals surface area (Å²) >= 11 is 0. The molecule has 5 heteroatoms. The number of benzene rings is 1. The molecule has 4 nitrogen and oxygen atoms in total. The fourth-order valence-electron chi connectivity index (χ4n) is 2.38. The first-order valence-electron chi connectivity index (χ1n) is 7.03. The second kappa shape index (κ2) is 7.24. The van der Waals surface area contributed by atoms with E-state index >= 15 is 0 Å². The van der Waals surface area contributed by atoms with Crippen molar-refractivity contribution in [3.8, 4) is 0 Å². The SMILES string of the molecule is CCC(CC)(CC)NCc1cccc(/C(N)=N/O)c1F. The van der Waals surface area contributed by atoms with Crippen molar-refractivity contribution in [2.45, 2.75) is 52.1 Å². The van der Waals surface area contributed by atoms with Crippen molar-refractivity contribution in [2.24, 2.45) is 10.9 Å². The van der Waals surface area contributed by atoms with Crippen LogP contribution in [0.1, 0.15) is 51.2 Å². The van der Waals surface area contributed by atoms with Gasteiger partial charge >= 0.3 is 0 Å². The molecule has 0 heterocycles. The highest BCUT2D eigenvalue weighted by atomic mass is 19.1. The largest absolute Gasteiger partial charge is 0.409 e. The molecule has 0 aliphatic heterocycles. The van der Waals surface area contributed by atoms with E-state index in [1.54, 1.807) is 12.1 Å². The second-order valence-corrected chi connectivity index (χ2v) is 4.96. The zero-order valence-electron chi connectivity index (χ0n) is 12.4. The Labute approximate surface area is 119 Å². The second-order valence-electron chi connectivity index (χ2n) is 4.96. The molecule has 0 saturated carbocycles. The summed E-state index contributed by atoms with van der Waals surface area (Å²) in [6.45, 7) is 6.81. The molecule has 1 rings (SSSR count). The highest BCUT2D eigenvalue weighted by Gasteiger charge is 2.23. The lowest BCUT2D eigenvalue weighted by Gasteiger charge is -2.32. The summed E-state index contributed by atoms with van der Waals surface area (Å²) in [6.07, 6.45) is 2.96. The lowest BCUT2D eigenvalue weighted by atomic mass is 9.89. The van der Waals surface area contributed by atoms with E-state index in [-0.39, 0.29) is 16.9 Å². The third-order valence-electron chi connectivity index (χ3n) is 4.15. The molecule has 0 unspecified atom stereocenters. The Kier molecular flexibility index (Phi) is 5.95. The highest BCUT2D eigenvalue weighted by molar-refractivity contribution is 5.97. The van der Waals surface area contributed by atoms with Gasteiger partial charge in [0.25, 0.3) is 0 Å². The van der Waals surface area contributed by atoms with Gasteiger partial charge in [-0.2, -0.15) is 0 Å². The summed E-state index contributed by atoms with van der Waals surface area (Å²) in [4.78, 5) is 0. The molecule has 0 aliphatic carbocycles. The number of rotatable bonds is 7. The number of nitrogens with two attached hydrogens (primary N) is 1. The molecular weight excluding hydrogens is 257 g/mol. The molecule has 0 aromatic heterocycles. The molecule has 0 radical (unpaired) electrons. The van der Waals surface area contributed by atoms with Crippen LogP contribution in [0, 0.1) is 5.82 Å². The summed E-state index contributed by atoms with van der Waals surface area (Å²) in [5.41, 5.74) is 6.14. The Hall–Kier alpha value is -1.62. The average Bonchev–Trinajstić information content (AvgIpc) is 2.49. The van der Waals surface area contributed by atoms with Crippen LogP contribution in [0.4, 0.5) is 4.39 Å². The first kappa shape index (κ1) is 16.4. The molecule has 20 heavy (non-hydrogen) atoms. The average molecular weight is 281 g/mol. The number of nitrogens with zero attached hydrogens (tertiary/aromatic N) is 1. The third kappa shape index (κ3) is 3.48. The molecule has 0 saturated heterocycles. The van der Waals surface area contributed by atoms with E-state index in [0.29, 0.717) is 12.1 Å². The standard InChI is InChI=1S/C15H24FN3O/c1-4-15(5-2,6-3)18-10-11-8-7-9-12(13(11)16)14(17)19-20/h7-9,18,20H,4-6,10H2,1-3H3,(H2,17,19). The van der Waals surface area contributed by atoms with Gasteiger partial charge in [0.05, 0.1) is 5.56 Å². The fraction of sp³-hybridized carbons (Fsp3) is 0.533. The van der Waals surface area contributed by atoms with E-state index in [0.717, 1.165) is 19.3 Å². The van der Waals surface area contributed by atoms with Crippen LogP contribution in [0.5, 0.6) is 0 Å². The molecule has 0 bridgehead atoms. The van der Waals surface area contributed by atoms with Gasteiger partial charge < -0.3 is 16.3 Å². The van der Waals surface area contributed by atoms with Gasteiger partial charge in [0, 0.05) is 17.6 Å². The minimum absolute atomic E-state index is 0.0268. The van der Waals surface area contributed by atoms with Gasteiger partial charge in [-0.15, -0.1) is 0 Å². The van der Waals surface area contributed by atoms with Crippen LogP contribution in [0.2, 0.25) is 0 Å². The van der Waals surface area contributed by atoms with Crippen molar-refractivity contribution in [1.29, 1.82) is 0 Å². The van der Waals surface area contributed by atoms with E-state index in [1.807, 2.05) is 0 Å². The summed E-state index contributed by atoms with van der Waals surface area (Å²) < 4.78 is 14.3. The van der Waals surface area contributed by atoms with Crippen molar-refractivity contribution in [3.63, 3.8) is 0 Å². The van der Waals surface area contributed by atoms with Gasteiger partial charge in [-0.25, -0.2) is 4.39 Å². The summed E-state index contributed by atoms with van der Waals surface area (Å²) in [5.74, 6) is -0.649. The van der Waals surface area contributed by atoms with Crippen LogP contribution in [-0.4, -0.2) is 16.6 Å². The maximum Gasteiger partial charge on any atom is 0.173 e. The number of oxime groups is 1. The number of hydrogen-bond donors (Lipinski definition) is 3. The molecule has 0 fully saturated rings. The first-order valence-corrected chi connectivity index (χ1v) is 7.03. The van der Waals surface area contributed by atoms with Crippen molar-refractivity contribution in [2.75, 3.05) is 0 Å². The molecule has 0 atom stereocenters. The molecule has 112 valence electrons. The van der Waals surface area contributed by atoms with E-state index < -0.39 is 5.82 Å². The minimum atomic E-state index is -0.437. The fourth-order valence-corrected chi connectivity index (χ4v) is 2.38. The van der Waals surface area contributed by atoms with Gasteiger partial charge in [0.1, 0.15) is 5.82 Å². The van der Waals surface area contributed by atoms with Crippen molar-refractivity contribution < 1.29 is 9.60 Å². The molecular formula is C15H24FN3O. The lowest BCUT2D eigenvalue weighted by molar-refractivity contribution is 0.286. The summed E-state index contributed by atoms with van der Waals surface area (Å²) in [7, 11) is 0. The van der Waals surface area contributed by atoms with E-state index in [2.05, 4.69) is 31.2 Å². The van der Waals surface area contributed by atoms with Crippen molar-refractivity contribution in [3.05, 3.63) is 35.1 Å². The lowest BCUT2D eigenvalue weighted by Crippen LogP contribution is -2.43. The number of nitrogens with one attached hydrogen (secondary N) is 1. The molecule has 1 aromatic carbocycles. The summed E-state index contributed by atoms with van der Waals surface area (Å²) in [5, 5.41) is 15.0. The Morgan fingerprint density at radius 2 is 1.90 bits per heavy atom. The van der Waals surface area contributed by atoms with Gasteiger partial charge in [-0.3, -0.25) is 0 Å². The van der Waals surface area contributed by atoms with Crippen LogP contribution in [0.25, 0.3) is 0 Å². The van der Waals surface area contributed by atoms with Crippen LogP contribution in [-0.2, 0) is 6.54 Å². The Bertz CT molecular complexity index is 462. The van der Waals surface area contributed by atoms with Gasteiger partial charge in [-0.1, -0.05) is 38.1 Å². The molecule has 0 spiro atoms. The zero-order chi connectivity index (χ0) is 15.2. The number of halogens is 1. The van der Waals surface area contributed by atoms with Crippen LogP contribution < -0.4 is 11.1 Å². The topological polar surface area (TPSA) is 70.6 Å². The maximum atomic E-state index is 14.3. The Morgan fingerprint density at radius 3 is 2.40 bits per heavy atom. The van der Waals surface area contributed by atoms with Crippen molar-refractivity contribution >= 4 is 5.84 Å². The maximum absolute atomic E-state index is 14.3. The predicted molar refractivity (Wildman–Crippen MR) is 79.4 cm³/mol. The minimum Gasteiger partial charge on any atom is -0.409 e. The number of hydrogen-bond acceptors (Lipinski definition) is 3. The van der Waals surface area contributed by atoms with Crippen LogP contribution in [0.15, 0.2) is 23.4 Å². The molecule has 0 amide bonds. The normalized spacial score (nSPS) is 12.7. The third-order valence-corrected chi connectivity index (χ3v) is 4.15. The van der Waals surface area contributed by atoms with E-state index in [1.165, 1.54) is 6.07 Å². The van der Waals surface area contributed by atoms with Gasteiger partial charge in [0.15, 0.2) is 5.84 Å². The van der Waals surface area contributed by atoms with Gasteiger partial charge in [0.2, 0.25) is 0 Å². The van der Waals surface area contributed by atoms with Crippen LogP contribution >= 0.6 is 0 Å². The monoisotopic (exact) mass is 281 g/mol. The highest BCUT2D eigenvalue weighted by Crippen LogP contribution is 2.21. The smallest absolute Gasteiger partial charge is 0.173 e. The zero-order valence-corrected chi connectivity index (χ0v) is 12.4. The van der Waals surface area contributed by atoms with Crippen molar-refractivity contribution in [1.82, 2.24) is 5.32 Å². The molecule has 0 aliphatic rings. The van der Waals surface area contributed by atoms with Gasteiger partial charge in [-0.05, 0) is 25.3 Å². The van der Waals surface area contributed by atoms with Crippen LogP contribution in [0.3, 0.4) is 0 Å². The van der Waals surface area contributed by atoms with E-state index in [4.69, 9.17) is 10.9 Å². The number of amidine groups is 1. The quantitative estimate of drug-likeness (QED) is 0.311. The van der Waals surface area contributed by atoms with E-state index in [9.17, 15) is 4.39 Å². The Morgan fingerprint density at radius 1 is 1.30 bits per heavy atom. The Balaban J connectivity index is 2.94. The molecule has 4 N–H and O–H groups in total. The summed E-state index contributed by atoms with van der Waals surface area (Å²) in [6, 6.07) is 4.92. The first-order chi connectivity index (χ1) is 9.53.